The lowest BCUT2D eigenvalue weighted by Crippen LogP contribution is -2.35. The lowest BCUT2D eigenvalue weighted by molar-refractivity contribution is 0.171. The van der Waals surface area contributed by atoms with E-state index in [2.05, 4.69) is 38.6 Å². The highest BCUT2D eigenvalue weighted by Gasteiger charge is 2.19. The van der Waals surface area contributed by atoms with E-state index in [4.69, 9.17) is 9.47 Å². The van der Waals surface area contributed by atoms with Crippen molar-refractivity contribution in [2.24, 2.45) is 5.92 Å². The molecule has 4 rings (SSSR count). The van der Waals surface area contributed by atoms with Crippen LogP contribution in [0.1, 0.15) is 11.3 Å². The predicted molar refractivity (Wildman–Crippen MR) is 88.1 cm³/mol. The van der Waals surface area contributed by atoms with Gasteiger partial charge in [-0.3, -0.25) is 0 Å². The first-order chi connectivity index (χ1) is 11.3. The standard InChI is InChI=1S/C17H22N4O2/c1-12-6-17-19-10-14(11-21(17)20-12)9-18-8-13-2-3-15-16(7-13)23-5-4-22-15/h2-3,6-7,14,18-19H,4-5,8-11H2,1H3/t14-/m0/s1. The number of nitrogens with zero attached hydrogens (tertiary/aromatic N) is 2. The SMILES string of the molecule is Cc1cc2n(n1)C[C@@H](CNCc1ccc3c(c1)OCCO3)CN2. The Balaban J connectivity index is 1.30. The second-order valence-corrected chi connectivity index (χ2v) is 6.21. The minimum absolute atomic E-state index is 0.541. The van der Waals surface area contributed by atoms with Gasteiger partial charge in [0, 0.05) is 38.2 Å². The molecule has 2 aliphatic rings. The molecule has 0 fully saturated rings. The van der Waals surface area contributed by atoms with Gasteiger partial charge in [0.25, 0.3) is 0 Å². The average Bonchev–Trinajstić information content (AvgIpc) is 2.94. The van der Waals surface area contributed by atoms with Gasteiger partial charge in [-0.1, -0.05) is 6.07 Å². The summed E-state index contributed by atoms with van der Waals surface area (Å²) in [6.45, 7) is 7.03. The fourth-order valence-electron chi connectivity index (χ4n) is 3.14. The van der Waals surface area contributed by atoms with Gasteiger partial charge in [0.2, 0.25) is 0 Å². The Kier molecular flexibility index (Phi) is 3.83. The smallest absolute Gasteiger partial charge is 0.161 e. The largest absolute Gasteiger partial charge is 0.486 e. The first-order valence-corrected chi connectivity index (χ1v) is 8.15. The van der Waals surface area contributed by atoms with Crippen molar-refractivity contribution in [2.45, 2.75) is 20.0 Å². The zero-order valence-corrected chi connectivity index (χ0v) is 13.3. The van der Waals surface area contributed by atoms with Crippen LogP contribution in [0.2, 0.25) is 0 Å². The van der Waals surface area contributed by atoms with Gasteiger partial charge in [-0.15, -0.1) is 0 Å². The van der Waals surface area contributed by atoms with Crippen LogP contribution in [0.25, 0.3) is 0 Å². The van der Waals surface area contributed by atoms with Crippen molar-refractivity contribution < 1.29 is 9.47 Å². The van der Waals surface area contributed by atoms with Crippen molar-refractivity contribution in [3.05, 3.63) is 35.5 Å². The van der Waals surface area contributed by atoms with Crippen LogP contribution in [-0.2, 0) is 13.1 Å². The van der Waals surface area contributed by atoms with E-state index in [1.807, 2.05) is 13.0 Å². The van der Waals surface area contributed by atoms with E-state index in [9.17, 15) is 0 Å². The van der Waals surface area contributed by atoms with Crippen LogP contribution in [0.3, 0.4) is 0 Å². The van der Waals surface area contributed by atoms with E-state index in [1.165, 1.54) is 5.56 Å². The highest BCUT2D eigenvalue weighted by Crippen LogP contribution is 2.30. The Bertz CT molecular complexity index is 698. The van der Waals surface area contributed by atoms with Crippen LogP contribution < -0.4 is 20.1 Å². The first kappa shape index (κ1) is 14.4. The van der Waals surface area contributed by atoms with E-state index in [-0.39, 0.29) is 0 Å². The number of fused-ring (bicyclic) bond motifs is 2. The molecule has 0 spiro atoms. The van der Waals surface area contributed by atoms with Crippen LogP contribution in [0.4, 0.5) is 5.82 Å². The Morgan fingerprint density at radius 3 is 3.04 bits per heavy atom. The molecule has 0 saturated carbocycles. The first-order valence-electron chi connectivity index (χ1n) is 8.15. The number of rotatable bonds is 4. The minimum atomic E-state index is 0.541. The van der Waals surface area contributed by atoms with Gasteiger partial charge in [0.15, 0.2) is 11.5 Å². The minimum Gasteiger partial charge on any atom is -0.486 e. The fraction of sp³-hybridized carbons (Fsp3) is 0.471. The zero-order valence-electron chi connectivity index (χ0n) is 13.3. The second-order valence-electron chi connectivity index (χ2n) is 6.21. The molecular weight excluding hydrogens is 292 g/mol. The maximum Gasteiger partial charge on any atom is 0.161 e. The average molecular weight is 314 g/mol. The summed E-state index contributed by atoms with van der Waals surface area (Å²) >= 11 is 0. The molecule has 0 amide bonds. The van der Waals surface area contributed by atoms with Crippen molar-refractivity contribution in [2.75, 3.05) is 31.6 Å². The molecular formula is C17H22N4O2. The van der Waals surface area contributed by atoms with Crippen molar-refractivity contribution in [3.63, 3.8) is 0 Å². The van der Waals surface area contributed by atoms with E-state index < -0.39 is 0 Å². The summed E-state index contributed by atoms with van der Waals surface area (Å²) in [5, 5.41) is 11.5. The molecule has 1 aromatic carbocycles. The Morgan fingerprint density at radius 2 is 2.13 bits per heavy atom. The fourth-order valence-corrected chi connectivity index (χ4v) is 3.14. The maximum absolute atomic E-state index is 5.63. The number of aryl methyl sites for hydroxylation is 1. The molecule has 0 aliphatic carbocycles. The van der Waals surface area contributed by atoms with E-state index in [0.29, 0.717) is 19.1 Å². The molecule has 1 aromatic heterocycles. The highest BCUT2D eigenvalue weighted by molar-refractivity contribution is 5.43. The molecule has 0 bridgehead atoms. The van der Waals surface area contributed by atoms with Crippen LogP contribution in [0, 0.1) is 12.8 Å². The van der Waals surface area contributed by atoms with Crippen molar-refractivity contribution in [3.8, 4) is 11.5 Å². The summed E-state index contributed by atoms with van der Waals surface area (Å²) in [7, 11) is 0. The van der Waals surface area contributed by atoms with E-state index >= 15 is 0 Å². The topological polar surface area (TPSA) is 60.3 Å². The normalized spacial score (nSPS) is 19.1. The van der Waals surface area contributed by atoms with Crippen LogP contribution in [0.15, 0.2) is 24.3 Å². The van der Waals surface area contributed by atoms with E-state index in [0.717, 1.165) is 49.2 Å². The van der Waals surface area contributed by atoms with Gasteiger partial charge in [-0.25, -0.2) is 4.68 Å². The number of benzene rings is 1. The quantitative estimate of drug-likeness (QED) is 0.901. The predicted octanol–water partition coefficient (Wildman–Crippen LogP) is 1.79. The van der Waals surface area contributed by atoms with Crippen molar-refractivity contribution in [1.82, 2.24) is 15.1 Å². The number of hydrogen-bond acceptors (Lipinski definition) is 5. The molecule has 3 heterocycles. The lowest BCUT2D eigenvalue weighted by atomic mass is 10.1. The molecule has 6 heteroatoms. The number of hydrogen-bond donors (Lipinski definition) is 2. The van der Waals surface area contributed by atoms with Gasteiger partial charge >= 0.3 is 0 Å². The van der Waals surface area contributed by atoms with Gasteiger partial charge in [-0.05, 0) is 24.6 Å². The van der Waals surface area contributed by atoms with Crippen LogP contribution in [0.5, 0.6) is 11.5 Å². The Labute approximate surface area is 135 Å². The number of aromatic nitrogens is 2. The number of anilines is 1. The molecule has 122 valence electrons. The van der Waals surface area contributed by atoms with Gasteiger partial charge in [-0.2, -0.15) is 5.10 Å². The third-order valence-corrected chi connectivity index (χ3v) is 4.27. The summed E-state index contributed by atoms with van der Waals surface area (Å²) < 4.78 is 13.2. The van der Waals surface area contributed by atoms with Crippen molar-refractivity contribution >= 4 is 5.82 Å². The summed E-state index contributed by atoms with van der Waals surface area (Å²) in [4.78, 5) is 0. The zero-order chi connectivity index (χ0) is 15.6. The van der Waals surface area contributed by atoms with Gasteiger partial charge in [0.05, 0.1) is 5.69 Å². The summed E-state index contributed by atoms with van der Waals surface area (Å²) in [6, 6.07) is 8.25. The van der Waals surface area contributed by atoms with Gasteiger partial charge < -0.3 is 20.1 Å². The molecule has 6 nitrogen and oxygen atoms in total. The molecule has 2 aliphatic heterocycles. The molecule has 0 radical (unpaired) electrons. The summed E-state index contributed by atoms with van der Waals surface area (Å²) in [5.74, 6) is 3.37. The molecule has 2 N–H and O–H groups in total. The summed E-state index contributed by atoms with van der Waals surface area (Å²) in [5.41, 5.74) is 2.28. The monoisotopic (exact) mass is 314 g/mol. The number of nitrogens with one attached hydrogen (secondary N) is 2. The molecule has 2 aromatic rings. The summed E-state index contributed by atoms with van der Waals surface area (Å²) in [6.07, 6.45) is 0. The number of ether oxygens (including phenoxy) is 2. The Hall–Kier alpha value is -2.21. The van der Waals surface area contributed by atoms with Crippen LogP contribution in [-0.4, -0.2) is 36.1 Å². The van der Waals surface area contributed by atoms with E-state index in [1.54, 1.807) is 0 Å². The van der Waals surface area contributed by atoms with Gasteiger partial charge in [0.1, 0.15) is 19.0 Å². The Morgan fingerprint density at radius 1 is 1.26 bits per heavy atom. The third kappa shape index (κ3) is 3.12. The highest BCUT2D eigenvalue weighted by atomic mass is 16.6. The molecule has 0 unspecified atom stereocenters. The second kappa shape index (κ2) is 6.12. The lowest BCUT2D eigenvalue weighted by Gasteiger charge is -2.25. The third-order valence-electron chi connectivity index (χ3n) is 4.27. The van der Waals surface area contributed by atoms with Crippen molar-refractivity contribution in [1.29, 1.82) is 0 Å². The van der Waals surface area contributed by atoms with Crippen LogP contribution >= 0.6 is 0 Å². The maximum atomic E-state index is 5.63. The molecule has 0 saturated heterocycles. The molecule has 23 heavy (non-hydrogen) atoms. The molecule has 1 atom stereocenters.